The van der Waals surface area contributed by atoms with E-state index < -0.39 is 35.1 Å². The molecule has 0 saturated heterocycles. The molecule has 15 heavy (non-hydrogen) atoms. The van der Waals surface area contributed by atoms with Crippen LogP contribution >= 0.6 is 0 Å². The van der Waals surface area contributed by atoms with Crippen molar-refractivity contribution in [2.75, 3.05) is 7.11 Å². The number of carboxylic acids is 1. The van der Waals surface area contributed by atoms with Crippen LogP contribution in [-0.2, 0) is 4.79 Å². The fourth-order valence-electron chi connectivity index (χ4n) is 1.12. The first-order valence-corrected chi connectivity index (χ1v) is 3.87. The zero-order chi connectivity index (χ0) is 11.6. The highest BCUT2D eigenvalue weighted by atomic mass is 19.1. The molecule has 1 aromatic rings. The largest absolute Gasteiger partial charge is 0.493 e. The summed E-state index contributed by atoms with van der Waals surface area (Å²) in [5.41, 5.74) is -0.940. The van der Waals surface area contributed by atoms with Crippen molar-refractivity contribution in [2.45, 2.75) is 6.17 Å². The number of benzene rings is 1. The minimum Gasteiger partial charge on any atom is -0.493 e. The van der Waals surface area contributed by atoms with Crippen molar-refractivity contribution in [3.63, 3.8) is 0 Å². The van der Waals surface area contributed by atoms with Gasteiger partial charge in [0.05, 0.1) is 12.7 Å². The summed E-state index contributed by atoms with van der Waals surface area (Å²) in [6.45, 7) is 0. The zero-order valence-electron chi connectivity index (χ0n) is 7.63. The van der Waals surface area contributed by atoms with E-state index in [0.717, 1.165) is 13.2 Å². The van der Waals surface area contributed by atoms with Gasteiger partial charge in [0, 0.05) is 0 Å². The summed E-state index contributed by atoms with van der Waals surface area (Å²) in [6, 6.07) is 1.37. The van der Waals surface area contributed by atoms with Crippen LogP contribution in [0.25, 0.3) is 0 Å². The quantitative estimate of drug-likeness (QED) is 0.848. The van der Waals surface area contributed by atoms with Crippen LogP contribution in [0.2, 0.25) is 0 Å². The summed E-state index contributed by atoms with van der Waals surface area (Å²) in [5.74, 6) is -4.82. The van der Waals surface area contributed by atoms with E-state index in [1.165, 1.54) is 0 Å². The van der Waals surface area contributed by atoms with E-state index in [1.807, 2.05) is 0 Å². The first kappa shape index (κ1) is 11.4. The topological polar surface area (TPSA) is 46.5 Å². The van der Waals surface area contributed by atoms with Gasteiger partial charge in [-0.3, -0.25) is 0 Å². The third kappa shape index (κ3) is 2.03. The molecule has 1 rings (SSSR count). The van der Waals surface area contributed by atoms with E-state index in [2.05, 4.69) is 4.74 Å². The summed E-state index contributed by atoms with van der Waals surface area (Å²) in [4.78, 5) is 10.3. The highest BCUT2D eigenvalue weighted by molar-refractivity contribution is 5.75. The van der Waals surface area contributed by atoms with Gasteiger partial charge in [-0.15, -0.1) is 0 Å². The Bertz CT molecular complexity index is 392. The first-order chi connectivity index (χ1) is 6.99. The highest BCUT2D eigenvalue weighted by Gasteiger charge is 2.28. The second-order valence-electron chi connectivity index (χ2n) is 2.68. The number of carbonyl (C=O) groups is 1. The first-order valence-electron chi connectivity index (χ1n) is 3.87. The Morgan fingerprint density at radius 2 is 1.93 bits per heavy atom. The number of methoxy groups -OCH3 is 1. The molecule has 82 valence electrons. The van der Waals surface area contributed by atoms with Crippen molar-refractivity contribution in [1.29, 1.82) is 0 Å². The monoisotopic (exact) mass is 220 g/mol. The maximum Gasteiger partial charge on any atom is 0.343 e. The van der Waals surface area contributed by atoms with Crippen LogP contribution in [0.4, 0.5) is 13.2 Å². The summed E-state index contributed by atoms with van der Waals surface area (Å²) in [7, 11) is 0.996. The SMILES string of the molecule is COc1c(F)ccc(F)c1C(F)C(=O)O. The normalized spacial score (nSPS) is 12.3. The molecular formula is C9H7F3O3. The molecule has 1 atom stereocenters. The molecule has 0 aromatic heterocycles. The Labute approximate surface area is 83.1 Å². The van der Waals surface area contributed by atoms with Crippen LogP contribution in [0.5, 0.6) is 5.75 Å². The Morgan fingerprint density at radius 3 is 2.40 bits per heavy atom. The van der Waals surface area contributed by atoms with Gasteiger partial charge in [0.2, 0.25) is 6.17 Å². The summed E-state index contributed by atoms with van der Waals surface area (Å²) >= 11 is 0. The van der Waals surface area contributed by atoms with Crippen molar-refractivity contribution in [3.05, 3.63) is 29.3 Å². The molecule has 0 aliphatic carbocycles. The Kier molecular flexibility index (Phi) is 3.18. The molecule has 0 aliphatic rings. The molecular weight excluding hydrogens is 213 g/mol. The second-order valence-corrected chi connectivity index (χ2v) is 2.68. The standard InChI is InChI=1S/C9H7F3O3/c1-15-8-5(11)3-2-4(10)6(8)7(12)9(13)14/h2-3,7H,1H3,(H,13,14). The average Bonchev–Trinajstić information content (AvgIpc) is 2.19. The number of alkyl halides is 1. The minimum absolute atomic E-state index is 0.642. The summed E-state index contributed by atoms with van der Waals surface area (Å²) in [6.07, 6.45) is -2.66. The molecule has 0 fully saturated rings. The molecule has 0 aliphatic heterocycles. The predicted molar refractivity (Wildman–Crippen MR) is 44.4 cm³/mol. The van der Waals surface area contributed by atoms with Crippen LogP contribution in [0.15, 0.2) is 12.1 Å². The van der Waals surface area contributed by atoms with Gasteiger partial charge in [0.25, 0.3) is 0 Å². The van der Waals surface area contributed by atoms with Gasteiger partial charge in [-0.05, 0) is 12.1 Å². The van der Waals surface area contributed by atoms with Crippen LogP contribution in [0.3, 0.4) is 0 Å². The fraction of sp³-hybridized carbons (Fsp3) is 0.222. The van der Waals surface area contributed by atoms with Crippen molar-refractivity contribution >= 4 is 5.97 Å². The van der Waals surface area contributed by atoms with E-state index in [-0.39, 0.29) is 0 Å². The lowest BCUT2D eigenvalue weighted by molar-refractivity contribution is -0.143. The third-order valence-electron chi connectivity index (χ3n) is 1.77. The smallest absolute Gasteiger partial charge is 0.343 e. The molecule has 0 amide bonds. The number of rotatable bonds is 3. The number of carboxylic acid groups (broad SMARTS) is 1. The lowest BCUT2D eigenvalue weighted by Crippen LogP contribution is -2.10. The van der Waals surface area contributed by atoms with Crippen LogP contribution < -0.4 is 4.74 Å². The van der Waals surface area contributed by atoms with Gasteiger partial charge in [-0.25, -0.2) is 18.0 Å². The lowest BCUT2D eigenvalue weighted by atomic mass is 10.1. The number of aliphatic carboxylic acids is 1. The Hall–Kier alpha value is -1.72. The number of hydrogen-bond acceptors (Lipinski definition) is 2. The molecule has 3 nitrogen and oxygen atoms in total. The minimum atomic E-state index is -2.66. The Morgan fingerprint density at radius 1 is 1.40 bits per heavy atom. The van der Waals surface area contributed by atoms with E-state index in [9.17, 15) is 18.0 Å². The average molecular weight is 220 g/mol. The number of hydrogen-bond donors (Lipinski definition) is 1. The van der Waals surface area contributed by atoms with Gasteiger partial charge in [-0.2, -0.15) is 0 Å². The maximum atomic E-state index is 13.1. The van der Waals surface area contributed by atoms with Crippen molar-refractivity contribution in [3.8, 4) is 5.75 Å². The van der Waals surface area contributed by atoms with Crippen LogP contribution in [0.1, 0.15) is 11.7 Å². The molecule has 6 heteroatoms. The molecule has 0 radical (unpaired) electrons. The van der Waals surface area contributed by atoms with Crippen LogP contribution in [-0.4, -0.2) is 18.2 Å². The zero-order valence-corrected chi connectivity index (χ0v) is 7.63. The van der Waals surface area contributed by atoms with Crippen molar-refractivity contribution < 1.29 is 27.8 Å². The predicted octanol–water partition coefficient (Wildman–Crippen LogP) is 2.07. The van der Waals surface area contributed by atoms with Gasteiger partial charge in [0.1, 0.15) is 5.82 Å². The van der Waals surface area contributed by atoms with E-state index >= 15 is 0 Å². The highest BCUT2D eigenvalue weighted by Crippen LogP contribution is 2.32. The van der Waals surface area contributed by atoms with E-state index in [1.54, 1.807) is 0 Å². The summed E-state index contributed by atoms with van der Waals surface area (Å²) in [5, 5.41) is 8.35. The maximum absolute atomic E-state index is 13.1. The van der Waals surface area contributed by atoms with Crippen LogP contribution in [0, 0.1) is 11.6 Å². The molecule has 1 aromatic carbocycles. The third-order valence-corrected chi connectivity index (χ3v) is 1.77. The fourth-order valence-corrected chi connectivity index (χ4v) is 1.12. The van der Waals surface area contributed by atoms with Gasteiger partial charge >= 0.3 is 5.97 Å². The molecule has 0 saturated carbocycles. The molecule has 0 spiro atoms. The molecule has 1 unspecified atom stereocenters. The van der Waals surface area contributed by atoms with Crippen molar-refractivity contribution in [1.82, 2.24) is 0 Å². The van der Waals surface area contributed by atoms with E-state index in [4.69, 9.17) is 5.11 Å². The second kappa shape index (κ2) is 4.20. The summed E-state index contributed by atoms with van der Waals surface area (Å²) < 4.78 is 43.6. The van der Waals surface area contributed by atoms with Gasteiger partial charge < -0.3 is 9.84 Å². The molecule has 0 bridgehead atoms. The number of ether oxygens (including phenoxy) is 1. The lowest BCUT2D eigenvalue weighted by Gasteiger charge is -2.11. The van der Waals surface area contributed by atoms with Crippen molar-refractivity contribution in [2.24, 2.45) is 0 Å². The Balaban J connectivity index is 3.37. The van der Waals surface area contributed by atoms with Gasteiger partial charge in [-0.1, -0.05) is 0 Å². The van der Waals surface area contributed by atoms with Gasteiger partial charge in [0.15, 0.2) is 11.6 Å². The van der Waals surface area contributed by atoms with E-state index in [0.29, 0.717) is 6.07 Å². The molecule has 1 N–H and O–H groups in total. The molecule has 0 heterocycles. The number of halogens is 3.